The first-order valence-electron chi connectivity index (χ1n) is 9.15. The number of rotatable bonds is 8. The zero-order chi connectivity index (χ0) is 20.6. The van der Waals surface area contributed by atoms with E-state index in [9.17, 15) is 14.4 Å². The SMILES string of the molecule is CCOC(=O)/C=C1\SCC(=O)N1CCOC(=O)COc1ccc2ccccc2c1. The Balaban J connectivity index is 1.46. The molecule has 0 atom stereocenters. The van der Waals surface area contributed by atoms with Crippen LogP contribution in [0.2, 0.25) is 0 Å². The highest BCUT2D eigenvalue weighted by Crippen LogP contribution is 2.28. The van der Waals surface area contributed by atoms with Crippen molar-refractivity contribution in [2.75, 3.05) is 32.1 Å². The largest absolute Gasteiger partial charge is 0.482 e. The van der Waals surface area contributed by atoms with E-state index < -0.39 is 11.9 Å². The number of benzene rings is 2. The van der Waals surface area contributed by atoms with Crippen LogP contribution in [-0.2, 0) is 23.9 Å². The van der Waals surface area contributed by atoms with Gasteiger partial charge in [-0.1, -0.05) is 42.1 Å². The molecule has 0 bridgehead atoms. The van der Waals surface area contributed by atoms with Crippen molar-refractivity contribution in [1.82, 2.24) is 4.90 Å². The Bertz CT molecular complexity index is 942. The molecular weight excluding hydrogens is 394 g/mol. The number of ether oxygens (including phenoxy) is 3. The lowest BCUT2D eigenvalue weighted by Gasteiger charge is -2.16. The fourth-order valence-electron chi connectivity index (χ4n) is 2.75. The van der Waals surface area contributed by atoms with E-state index in [0.29, 0.717) is 10.8 Å². The third-order valence-corrected chi connectivity index (χ3v) is 5.12. The fraction of sp³-hybridized carbons (Fsp3) is 0.286. The number of amides is 1. The van der Waals surface area contributed by atoms with Gasteiger partial charge in [0.25, 0.3) is 0 Å². The maximum atomic E-state index is 12.0. The Morgan fingerprint density at radius 2 is 1.93 bits per heavy atom. The molecule has 1 fully saturated rings. The van der Waals surface area contributed by atoms with Crippen molar-refractivity contribution in [2.45, 2.75) is 6.92 Å². The van der Waals surface area contributed by atoms with Gasteiger partial charge in [0.2, 0.25) is 5.91 Å². The number of esters is 2. The maximum Gasteiger partial charge on any atom is 0.344 e. The summed E-state index contributed by atoms with van der Waals surface area (Å²) in [4.78, 5) is 36.9. The number of nitrogens with zero attached hydrogens (tertiary/aromatic N) is 1. The summed E-state index contributed by atoms with van der Waals surface area (Å²) in [6.45, 7) is 1.91. The monoisotopic (exact) mass is 415 g/mol. The highest BCUT2D eigenvalue weighted by molar-refractivity contribution is 8.04. The van der Waals surface area contributed by atoms with Crippen LogP contribution in [0, 0.1) is 0 Å². The zero-order valence-electron chi connectivity index (χ0n) is 16.0. The van der Waals surface area contributed by atoms with Crippen LogP contribution in [0.4, 0.5) is 0 Å². The van der Waals surface area contributed by atoms with Gasteiger partial charge < -0.3 is 19.1 Å². The molecule has 0 spiro atoms. The van der Waals surface area contributed by atoms with Gasteiger partial charge in [-0.25, -0.2) is 9.59 Å². The molecule has 152 valence electrons. The fourth-order valence-corrected chi connectivity index (χ4v) is 3.70. The number of hydrogen-bond donors (Lipinski definition) is 0. The van der Waals surface area contributed by atoms with Crippen LogP contribution >= 0.6 is 11.8 Å². The summed E-state index contributed by atoms with van der Waals surface area (Å²) in [5, 5.41) is 2.60. The summed E-state index contributed by atoms with van der Waals surface area (Å²) in [6.07, 6.45) is 1.28. The highest BCUT2D eigenvalue weighted by Gasteiger charge is 2.27. The minimum absolute atomic E-state index is 0.00633. The van der Waals surface area contributed by atoms with E-state index in [0.717, 1.165) is 10.8 Å². The Hall–Kier alpha value is -3.00. The van der Waals surface area contributed by atoms with E-state index in [4.69, 9.17) is 14.2 Å². The summed E-state index contributed by atoms with van der Waals surface area (Å²) in [7, 11) is 0. The molecule has 1 aliphatic heterocycles. The topological polar surface area (TPSA) is 82.1 Å². The normalized spacial score (nSPS) is 15.0. The van der Waals surface area contributed by atoms with E-state index in [1.165, 1.54) is 22.7 Å². The van der Waals surface area contributed by atoms with Crippen LogP contribution in [0.1, 0.15) is 6.92 Å². The molecule has 0 radical (unpaired) electrons. The molecule has 3 rings (SSSR count). The van der Waals surface area contributed by atoms with Crippen LogP contribution < -0.4 is 4.74 Å². The van der Waals surface area contributed by atoms with Gasteiger partial charge in [-0.15, -0.1) is 0 Å². The van der Waals surface area contributed by atoms with Crippen molar-refractivity contribution in [3.8, 4) is 5.75 Å². The Labute approximate surface area is 172 Å². The molecule has 2 aromatic rings. The molecule has 1 heterocycles. The molecule has 7 nitrogen and oxygen atoms in total. The number of carbonyl (C=O) groups is 3. The third-order valence-electron chi connectivity index (χ3n) is 4.09. The van der Waals surface area contributed by atoms with Crippen LogP contribution in [0.5, 0.6) is 5.75 Å². The number of thioether (sulfide) groups is 1. The molecule has 0 saturated carbocycles. The second-order valence-corrected chi connectivity index (χ2v) is 7.08. The van der Waals surface area contributed by atoms with Crippen molar-refractivity contribution in [1.29, 1.82) is 0 Å². The number of fused-ring (bicyclic) bond motifs is 1. The standard InChI is InChI=1S/C21H21NO6S/c1-2-26-20(24)12-19-22(18(23)14-29-19)9-10-27-21(25)13-28-17-8-7-15-5-3-4-6-16(15)11-17/h3-8,11-12H,2,9-10,13-14H2,1H3/b19-12-. The molecule has 1 amide bonds. The lowest BCUT2D eigenvalue weighted by molar-refractivity contribution is -0.147. The van der Waals surface area contributed by atoms with Crippen molar-refractivity contribution in [2.24, 2.45) is 0 Å². The summed E-state index contributed by atoms with van der Waals surface area (Å²) in [5.74, 6) is -0.367. The van der Waals surface area contributed by atoms with Gasteiger partial charge in [-0.3, -0.25) is 4.79 Å². The molecule has 29 heavy (non-hydrogen) atoms. The zero-order valence-corrected chi connectivity index (χ0v) is 16.8. The summed E-state index contributed by atoms with van der Waals surface area (Å²) < 4.78 is 15.5. The average Bonchev–Trinajstić information content (AvgIpc) is 3.06. The van der Waals surface area contributed by atoms with E-state index in [1.54, 1.807) is 13.0 Å². The summed E-state index contributed by atoms with van der Waals surface area (Å²) >= 11 is 1.25. The van der Waals surface area contributed by atoms with Gasteiger partial charge >= 0.3 is 11.9 Å². The van der Waals surface area contributed by atoms with Gasteiger partial charge in [0.15, 0.2) is 6.61 Å². The van der Waals surface area contributed by atoms with Crippen LogP contribution in [-0.4, -0.2) is 54.9 Å². The summed E-state index contributed by atoms with van der Waals surface area (Å²) in [5.41, 5.74) is 0. The van der Waals surface area contributed by atoms with Crippen LogP contribution in [0.3, 0.4) is 0 Å². The first-order valence-corrected chi connectivity index (χ1v) is 10.1. The second kappa shape index (κ2) is 9.97. The molecule has 1 aliphatic rings. The van der Waals surface area contributed by atoms with E-state index in [-0.39, 0.29) is 38.0 Å². The lowest BCUT2D eigenvalue weighted by atomic mass is 10.1. The molecule has 0 aliphatic carbocycles. The smallest absolute Gasteiger partial charge is 0.344 e. The van der Waals surface area contributed by atoms with Crippen LogP contribution in [0.25, 0.3) is 10.8 Å². The quantitative estimate of drug-likeness (QED) is 0.484. The molecule has 2 aromatic carbocycles. The van der Waals surface area contributed by atoms with Crippen molar-refractivity contribution < 1.29 is 28.6 Å². The number of carbonyl (C=O) groups excluding carboxylic acids is 3. The van der Waals surface area contributed by atoms with Gasteiger partial charge in [-0.05, 0) is 29.8 Å². The molecule has 1 saturated heterocycles. The molecule has 0 aromatic heterocycles. The van der Waals surface area contributed by atoms with Gasteiger partial charge in [0.1, 0.15) is 12.4 Å². The van der Waals surface area contributed by atoms with Gasteiger partial charge in [0.05, 0.1) is 30.0 Å². The van der Waals surface area contributed by atoms with Crippen LogP contribution in [0.15, 0.2) is 53.6 Å². The van der Waals surface area contributed by atoms with E-state index >= 15 is 0 Å². The van der Waals surface area contributed by atoms with E-state index in [2.05, 4.69) is 0 Å². The van der Waals surface area contributed by atoms with Gasteiger partial charge in [0, 0.05) is 0 Å². The molecule has 0 N–H and O–H groups in total. The van der Waals surface area contributed by atoms with Crippen molar-refractivity contribution >= 4 is 40.4 Å². The first kappa shape index (κ1) is 20.7. The predicted octanol–water partition coefficient (Wildman–Crippen LogP) is 2.74. The van der Waals surface area contributed by atoms with Crippen molar-refractivity contribution in [3.05, 3.63) is 53.6 Å². The Morgan fingerprint density at radius 3 is 2.72 bits per heavy atom. The average molecular weight is 415 g/mol. The number of hydrogen-bond acceptors (Lipinski definition) is 7. The maximum absolute atomic E-state index is 12.0. The predicted molar refractivity (Wildman–Crippen MR) is 109 cm³/mol. The third kappa shape index (κ3) is 5.74. The second-order valence-electron chi connectivity index (χ2n) is 6.09. The highest BCUT2D eigenvalue weighted by atomic mass is 32.2. The lowest BCUT2D eigenvalue weighted by Crippen LogP contribution is -2.30. The Kier molecular flexibility index (Phi) is 7.13. The minimum atomic E-state index is -0.534. The van der Waals surface area contributed by atoms with Gasteiger partial charge in [-0.2, -0.15) is 0 Å². The minimum Gasteiger partial charge on any atom is -0.482 e. The molecule has 8 heteroatoms. The molecule has 0 unspecified atom stereocenters. The summed E-state index contributed by atoms with van der Waals surface area (Å²) in [6, 6.07) is 13.4. The van der Waals surface area contributed by atoms with E-state index in [1.807, 2.05) is 36.4 Å². The molecular formula is C21H21NO6S. The first-order chi connectivity index (χ1) is 14.1. The Morgan fingerprint density at radius 1 is 1.14 bits per heavy atom. The van der Waals surface area contributed by atoms with Crippen molar-refractivity contribution in [3.63, 3.8) is 0 Å².